The molecule has 1 amide bonds. The molecular weight excluding hydrogens is 294 g/mol. The van der Waals surface area contributed by atoms with Crippen LogP contribution in [0, 0.1) is 0 Å². The van der Waals surface area contributed by atoms with Crippen LogP contribution >= 0.6 is 0 Å². The molecule has 0 aliphatic carbocycles. The maximum Gasteiger partial charge on any atom is 0.278 e. The molecule has 122 valence electrons. The number of oxazole rings is 1. The zero-order chi connectivity index (χ0) is 15.6. The SMILES string of the molecule is O=C(Nc1cnn2c1CCCC2)c1ncoc1C1CCNCC1. The van der Waals surface area contributed by atoms with Crippen molar-refractivity contribution in [2.24, 2.45) is 0 Å². The third-order valence-corrected chi connectivity index (χ3v) is 4.75. The Morgan fingerprint density at radius 3 is 3.09 bits per heavy atom. The number of anilines is 1. The number of rotatable bonds is 3. The van der Waals surface area contributed by atoms with Crippen molar-refractivity contribution in [3.8, 4) is 0 Å². The second kappa shape index (κ2) is 6.16. The van der Waals surface area contributed by atoms with Crippen LogP contribution in [0.1, 0.15) is 53.5 Å². The molecule has 1 saturated heterocycles. The molecule has 0 spiro atoms. The van der Waals surface area contributed by atoms with Crippen molar-refractivity contribution < 1.29 is 9.21 Å². The predicted molar refractivity (Wildman–Crippen MR) is 84.5 cm³/mol. The molecular formula is C16H21N5O2. The molecule has 0 bridgehead atoms. The van der Waals surface area contributed by atoms with Crippen molar-refractivity contribution in [3.05, 3.63) is 29.7 Å². The Labute approximate surface area is 134 Å². The fourth-order valence-corrected chi connectivity index (χ4v) is 3.51. The Morgan fingerprint density at radius 1 is 1.35 bits per heavy atom. The summed E-state index contributed by atoms with van der Waals surface area (Å²) >= 11 is 0. The molecule has 23 heavy (non-hydrogen) atoms. The molecule has 2 N–H and O–H groups in total. The first kappa shape index (κ1) is 14.4. The van der Waals surface area contributed by atoms with Gasteiger partial charge in [-0.05, 0) is 45.2 Å². The first-order valence-corrected chi connectivity index (χ1v) is 8.33. The van der Waals surface area contributed by atoms with Gasteiger partial charge in [-0.25, -0.2) is 4.98 Å². The summed E-state index contributed by atoms with van der Waals surface area (Å²) in [4.78, 5) is 16.8. The maximum atomic E-state index is 12.6. The van der Waals surface area contributed by atoms with Crippen LogP contribution in [0.25, 0.3) is 0 Å². The lowest BCUT2D eigenvalue weighted by Crippen LogP contribution is -2.27. The van der Waals surface area contributed by atoms with Crippen molar-refractivity contribution in [3.63, 3.8) is 0 Å². The van der Waals surface area contributed by atoms with E-state index < -0.39 is 0 Å². The van der Waals surface area contributed by atoms with E-state index in [1.165, 1.54) is 6.39 Å². The van der Waals surface area contributed by atoms with Crippen LogP contribution in [0.3, 0.4) is 0 Å². The molecule has 0 saturated carbocycles. The highest BCUT2D eigenvalue weighted by molar-refractivity contribution is 6.03. The Bertz CT molecular complexity index is 699. The third-order valence-electron chi connectivity index (χ3n) is 4.75. The summed E-state index contributed by atoms with van der Waals surface area (Å²) in [6.07, 6.45) is 8.29. The van der Waals surface area contributed by atoms with Gasteiger partial charge in [0, 0.05) is 12.5 Å². The Morgan fingerprint density at radius 2 is 2.22 bits per heavy atom. The van der Waals surface area contributed by atoms with Crippen LogP contribution in [0.15, 0.2) is 17.0 Å². The van der Waals surface area contributed by atoms with E-state index in [1.807, 2.05) is 4.68 Å². The number of hydrogen-bond donors (Lipinski definition) is 2. The van der Waals surface area contributed by atoms with Crippen LogP contribution in [0.4, 0.5) is 5.69 Å². The van der Waals surface area contributed by atoms with Gasteiger partial charge >= 0.3 is 0 Å². The van der Waals surface area contributed by atoms with Crippen molar-refractivity contribution >= 4 is 11.6 Å². The monoisotopic (exact) mass is 315 g/mol. The van der Waals surface area contributed by atoms with Gasteiger partial charge in [-0.3, -0.25) is 9.48 Å². The summed E-state index contributed by atoms with van der Waals surface area (Å²) in [7, 11) is 0. The zero-order valence-corrected chi connectivity index (χ0v) is 13.0. The maximum absolute atomic E-state index is 12.6. The molecule has 7 nitrogen and oxygen atoms in total. The molecule has 0 radical (unpaired) electrons. The fourth-order valence-electron chi connectivity index (χ4n) is 3.51. The highest BCUT2D eigenvalue weighted by Crippen LogP contribution is 2.29. The number of aromatic nitrogens is 3. The van der Waals surface area contributed by atoms with Crippen molar-refractivity contribution in [1.82, 2.24) is 20.1 Å². The molecule has 2 aromatic rings. The first-order chi connectivity index (χ1) is 11.3. The number of nitrogens with zero attached hydrogens (tertiary/aromatic N) is 3. The Kier molecular flexibility index (Phi) is 3.87. The average molecular weight is 315 g/mol. The van der Waals surface area contributed by atoms with E-state index in [0.717, 1.165) is 63.1 Å². The van der Waals surface area contributed by atoms with Gasteiger partial charge in [0.05, 0.1) is 17.6 Å². The second-order valence-corrected chi connectivity index (χ2v) is 6.23. The van der Waals surface area contributed by atoms with Crippen LogP contribution < -0.4 is 10.6 Å². The minimum atomic E-state index is -0.200. The number of amides is 1. The molecule has 1 fully saturated rings. The molecule has 7 heteroatoms. The van der Waals surface area contributed by atoms with Crippen molar-refractivity contribution in [2.75, 3.05) is 18.4 Å². The quantitative estimate of drug-likeness (QED) is 0.904. The van der Waals surface area contributed by atoms with Gasteiger partial charge in [-0.2, -0.15) is 5.10 Å². The minimum Gasteiger partial charge on any atom is -0.447 e. The highest BCUT2D eigenvalue weighted by Gasteiger charge is 2.27. The number of aryl methyl sites for hydroxylation is 1. The minimum absolute atomic E-state index is 0.200. The topological polar surface area (TPSA) is 85.0 Å². The molecule has 2 aliphatic heterocycles. The van der Waals surface area contributed by atoms with E-state index >= 15 is 0 Å². The van der Waals surface area contributed by atoms with Gasteiger partial charge < -0.3 is 15.1 Å². The molecule has 2 aliphatic rings. The zero-order valence-electron chi connectivity index (χ0n) is 13.0. The molecule has 2 aromatic heterocycles. The van der Waals surface area contributed by atoms with Crippen LogP contribution in [-0.4, -0.2) is 33.8 Å². The van der Waals surface area contributed by atoms with Crippen molar-refractivity contribution in [2.45, 2.75) is 44.6 Å². The lowest BCUT2D eigenvalue weighted by molar-refractivity contribution is 0.101. The van der Waals surface area contributed by atoms with Gasteiger partial charge in [0.25, 0.3) is 5.91 Å². The lowest BCUT2D eigenvalue weighted by Gasteiger charge is -2.21. The van der Waals surface area contributed by atoms with E-state index in [0.29, 0.717) is 11.5 Å². The summed E-state index contributed by atoms with van der Waals surface area (Å²) in [5.74, 6) is 0.777. The van der Waals surface area contributed by atoms with E-state index in [1.54, 1.807) is 6.20 Å². The van der Waals surface area contributed by atoms with Gasteiger partial charge in [-0.1, -0.05) is 0 Å². The number of carbonyl (C=O) groups is 1. The highest BCUT2D eigenvalue weighted by atomic mass is 16.3. The summed E-state index contributed by atoms with van der Waals surface area (Å²) in [5.41, 5.74) is 2.32. The summed E-state index contributed by atoms with van der Waals surface area (Å²) < 4.78 is 7.52. The smallest absolute Gasteiger partial charge is 0.278 e. The number of fused-ring (bicyclic) bond motifs is 1. The van der Waals surface area contributed by atoms with E-state index in [4.69, 9.17) is 4.42 Å². The Balaban J connectivity index is 1.53. The molecule has 0 aromatic carbocycles. The van der Waals surface area contributed by atoms with Crippen LogP contribution in [-0.2, 0) is 13.0 Å². The number of nitrogens with one attached hydrogen (secondary N) is 2. The fraction of sp³-hybridized carbons (Fsp3) is 0.562. The van der Waals surface area contributed by atoms with E-state index in [9.17, 15) is 4.79 Å². The number of piperidine rings is 1. The average Bonchev–Trinajstić information content (AvgIpc) is 3.23. The summed E-state index contributed by atoms with van der Waals surface area (Å²) in [5, 5.41) is 10.6. The van der Waals surface area contributed by atoms with Gasteiger partial charge in [0.2, 0.25) is 0 Å². The van der Waals surface area contributed by atoms with Gasteiger partial charge in [-0.15, -0.1) is 0 Å². The summed E-state index contributed by atoms with van der Waals surface area (Å²) in [6, 6.07) is 0. The number of carbonyl (C=O) groups excluding carboxylic acids is 1. The molecule has 4 rings (SSSR count). The predicted octanol–water partition coefficient (Wildman–Crippen LogP) is 1.93. The standard InChI is InChI=1S/C16H21N5O2/c22-16(20-12-9-19-21-8-2-1-3-13(12)21)14-15(23-10-18-14)11-4-6-17-7-5-11/h9-11,17H,1-8H2,(H,20,22). The van der Waals surface area contributed by atoms with Gasteiger partial charge in [0.1, 0.15) is 5.76 Å². The van der Waals surface area contributed by atoms with Crippen molar-refractivity contribution in [1.29, 1.82) is 0 Å². The molecule has 4 heterocycles. The molecule has 0 atom stereocenters. The normalized spacial score (nSPS) is 18.6. The first-order valence-electron chi connectivity index (χ1n) is 8.33. The van der Waals surface area contributed by atoms with E-state index in [2.05, 4.69) is 20.7 Å². The molecule has 0 unspecified atom stereocenters. The third kappa shape index (κ3) is 2.76. The summed E-state index contributed by atoms with van der Waals surface area (Å²) in [6.45, 7) is 2.82. The second-order valence-electron chi connectivity index (χ2n) is 6.23. The largest absolute Gasteiger partial charge is 0.447 e. The van der Waals surface area contributed by atoms with Gasteiger partial charge in [0.15, 0.2) is 12.1 Å². The van der Waals surface area contributed by atoms with Crippen LogP contribution in [0.2, 0.25) is 0 Å². The number of hydrogen-bond acceptors (Lipinski definition) is 5. The van der Waals surface area contributed by atoms with Crippen LogP contribution in [0.5, 0.6) is 0 Å². The van der Waals surface area contributed by atoms with E-state index in [-0.39, 0.29) is 11.8 Å². The lowest BCUT2D eigenvalue weighted by atomic mass is 9.94. The Hall–Kier alpha value is -2.15.